The highest BCUT2D eigenvalue weighted by molar-refractivity contribution is 7.99. The number of nitrogens with one attached hydrogen (secondary N) is 1. The van der Waals surface area contributed by atoms with Crippen molar-refractivity contribution in [1.82, 2.24) is 4.98 Å². The van der Waals surface area contributed by atoms with Crippen LogP contribution in [-0.2, 0) is 16.1 Å². The van der Waals surface area contributed by atoms with Crippen molar-refractivity contribution in [1.29, 1.82) is 0 Å². The van der Waals surface area contributed by atoms with Crippen LogP contribution in [-0.4, -0.2) is 27.9 Å². The van der Waals surface area contributed by atoms with Crippen LogP contribution in [0.5, 0.6) is 0 Å². The second kappa shape index (κ2) is 15.9. The van der Waals surface area contributed by atoms with Crippen LogP contribution in [0.25, 0.3) is 22.6 Å². The molecular weight excluding hydrogens is 728 g/mol. The summed E-state index contributed by atoms with van der Waals surface area (Å²) in [5.41, 5.74) is 2.75. The number of carbonyl (C=O) groups is 1. The molecule has 1 amide bonds. The first-order valence-electron chi connectivity index (χ1n) is 16.8. The Balaban J connectivity index is 1.17. The second-order valence-electron chi connectivity index (χ2n) is 12.5. The van der Waals surface area contributed by atoms with Gasteiger partial charge in [-0.1, -0.05) is 116 Å². The normalized spacial score (nSPS) is 18.4. The molecule has 1 saturated heterocycles. The monoisotopic (exact) mass is 758 g/mol. The molecule has 0 saturated carbocycles. The van der Waals surface area contributed by atoms with Crippen LogP contribution < -0.4 is 5.32 Å². The number of benzene rings is 5. The van der Waals surface area contributed by atoms with E-state index in [1.165, 1.54) is 30.0 Å². The fourth-order valence-corrected chi connectivity index (χ4v) is 7.15. The van der Waals surface area contributed by atoms with Crippen LogP contribution in [0.3, 0.4) is 0 Å². The van der Waals surface area contributed by atoms with Gasteiger partial charge in [-0.05, 0) is 23.3 Å². The smallest absolute Gasteiger partial charge is 0.261 e. The number of hydrogen-bond acceptors (Lipinski definition) is 7. The van der Waals surface area contributed by atoms with Gasteiger partial charge in [0.2, 0.25) is 5.82 Å². The predicted molar refractivity (Wildman–Crippen MR) is 192 cm³/mol. The first-order valence-corrected chi connectivity index (χ1v) is 17.8. The number of carbonyl (C=O) groups excluding carboxylic acids is 1. The largest absolute Gasteiger partial charge is 0.431 e. The van der Waals surface area contributed by atoms with Crippen LogP contribution in [0.2, 0.25) is 0 Å². The van der Waals surface area contributed by atoms with Crippen LogP contribution in [0.15, 0.2) is 119 Å². The van der Waals surface area contributed by atoms with Crippen LogP contribution >= 0.6 is 11.8 Å². The lowest BCUT2D eigenvalue weighted by Gasteiger charge is -2.41. The number of aliphatic hydroxyl groups excluding tert-OH is 1. The lowest BCUT2D eigenvalue weighted by molar-refractivity contribution is -0.268. The number of halogens is 5. The highest BCUT2D eigenvalue weighted by atomic mass is 32.2. The molecular formula is C41H31F5N2O5S. The molecule has 7 nitrogen and oxygen atoms in total. The minimum Gasteiger partial charge on any atom is -0.431 e. The molecule has 1 aliphatic heterocycles. The van der Waals surface area contributed by atoms with Crippen molar-refractivity contribution < 1.29 is 45.7 Å². The molecule has 0 aliphatic carbocycles. The van der Waals surface area contributed by atoms with Gasteiger partial charge >= 0.3 is 0 Å². The average molecular weight is 759 g/mol. The number of anilines is 1. The van der Waals surface area contributed by atoms with Gasteiger partial charge in [-0.2, -0.15) is 0 Å². The molecule has 0 spiro atoms. The first-order chi connectivity index (χ1) is 26.1. The SMILES string of the molecule is C[C@@H]1[C@H](CSc2nc(-c3ccccc3)c(-c3ccccc3)o2)O[C@H](c2cccc(NC(=O)c3c(F)c(F)c(F)c(F)c3F)c2)O[C@@H]1c1ccc(CO)cc1. The average Bonchev–Trinajstić information content (AvgIpc) is 3.64. The minimum absolute atomic E-state index is 0.0105. The number of rotatable bonds is 10. The fraction of sp³-hybridized carbons (Fsp3) is 0.171. The highest BCUT2D eigenvalue weighted by Gasteiger charge is 2.39. The van der Waals surface area contributed by atoms with Crippen molar-refractivity contribution in [3.8, 4) is 22.6 Å². The summed E-state index contributed by atoms with van der Waals surface area (Å²) in [5.74, 6) is -12.1. The number of hydrogen-bond donors (Lipinski definition) is 2. The van der Waals surface area contributed by atoms with Gasteiger partial charge in [0, 0.05) is 34.0 Å². The Labute approximate surface area is 310 Å². The zero-order valence-corrected chi connectivity index (χ0v) is 29.3. The van der Waals surface area contributed by atoms with E-state index in [2.05, 4.69) is 5.32 Å². The molecule has 7 rings (SSSR count). The molecule has 5 aromatic carbocycles. The first kappa shape index (κ1) is 37.0. The summed E-state index contributed by atoms with van der Waals surface area (Å²) in [7, 11) is 0. The van der Waals surface area contributed by atoms with E-state index in [0.717, 1.165) is 16.7 Å². The van der Waals surface area contributed by atoms with Gasteiger partial charge in [0.25, 0.3) is 11.1 Å². The fourth-order valence-electron chi connectivity index (χ4n) is 6.16. The molecule has 6 aromatic rings. The lowest BCUT2D eigenvalue weighted by Crippen LogP contribution is -2.38. The van der Waals surface area contributed by atoms with E-state index in [0.29, 0.717) is 33.6 Å². The van der Waals surface area contributed by atoms with E-state index in [1.54, 1.807) is 18.2 Å². The quantitative estimate of drug-likeness (QED) is 0.0622. The number of ether oxygens (including phenoxy) is 2. The molecule has 4 atom stereocenters. The van der Waals surface area contributed by atoms with Gasteiger partial charge in [0.05, 0.1) is 18.8 Å². The maximum absolute atomic E-state index is 14.4. The summed E-state index contributed by atoms with van der Waals surface area (Å²) in [6, 6.07) is 32.6. The topological polar surface area (TPSA) is 93.8 Å². The van der Waals surface area contributed by atoms with E-state index in [-0.39, 0.29) is 18.2 Å². The Morgan fingerprint density at radius 3 is 2.04 bits per heavy atom. The Morgan fingerprint density at radius 2 is 1.39 bits per heavy atom. The Bertz CT molecular complexity index is 2190. The third-order valence-corrected chi connectivity index (χ3v) is 9.96. The third kappa shape index (κ3) is 7.53. The summed E-state index contributed by atoms with van der Waals surface area (Å²) < 4.78 is 89.4. The van der Waals surface area contributed by atoms with Crippen LogP contribution in [0.1, 0.15) is 46.4 Å². The summed E-state index contributed by atoms with van der Waals surface area (Å²) in [6.45, 7) is 1.84. The van der Waals surface area contributed by atoms with Crippen LogP contribution in [0, 0.1) is 35.0 Å². The molecule has 1 aliphatic rings. The van der Waals surface area contributed by atoms with Gasteiger partial charge in [0.1, 0.15) is 11.3 Å². The Hall–Kier alpha value is -5.34. The van der Waals surface area contributed by atoms with E-state index in [4.69, 9.17) is 18.9 Å². The number of aliphatic hydroxyl groups is 1. The van der Waals surface area contributed by atoms with Gasteiger partial charge < -0.3 is 24.3 Å². The van der Waals surface area contributed by atoms with Crippen molar-refractivity contribution >= 4 is 23.4 Å². The zero-order chi connectivity index (χ0) is 37.9. The zero-order valence-electron chi connectivity index (χ0n) is 28.4. The molecule has 0 unspecified atom stereocenters. The summed E-state index contributed by atoms with van der Waals surface area (Å²) in [4.78, 5) is 17.7. The minimum atomic E-state index is -2.37. The van der Waals surface area contributed by atoms with Gasteiger partial charge in [0.15, 0.2) is 35.3 Å². The Morgan fingerprint density at radius 1 is 0.759 bits per heavy atom. The van der Waals surface area contributed by atoms with Gasteiger partial charge in [-0.25, -0.2) is 26.9 Å². The molecule has 13 heteroatoms. The standard InChI is InChI=1S/C41H31F5N2O5S/c1-22-29(21-54-41-48-36(24-9-4-2-5-10-24)38(53-41)25-11-6-3-7-12-25)51-40(52-37(22)26-17-15-23(20-49)16-18-26)27-13-8-14-28(19-27)47-39(50)30-31(42)33(44)35(46)34(45)32(30)43/h2-19,22,29,37,40,49H,20-21H2,1H3,(H,47,50)/t22-,29+,37+,40+/m1/s1. The Kier molecular flexibility index (Phi) is 10.9. The van der Waals surface area contributed by atoms with E-state index >= 15 is 0 Å². The van der Waals surface area contributed by atoms with Crippen molar-refractivity contribution in [3.63, 3.8) is 0 Å². The van der Waals surface area contributed by atoms with Crippen molar-refractivity contribution in [2.75, 3.05) is 11.1 Å². The molecule has 2 heterocycles. The molecule has 276 valence electrons. The van der Waals surface area contributed by atoms with Crippen molar-refractivity contribution in [3.05, 3.63) is 161 Å². The number of aromatic nitrogens is 1. The van der Waals surface area contributed by atoms with E-state index in [9.17, 15) is 31.9 Å². The number of amides is 1. The lowest BCUT2D eigenvalue weighted by atomic mass is 9.91. The van der Waals surface area contributed by atoms with Gasteiger partial charge in [-0.3, -0.25) is 4.79 Å². The predicted octanol–water partition coefficient (Wildman–Crippen LogP) is 10.0. The molecule has 1 fully saturated rings. The van der Waals surface area contributed by atoms with Crippen LogP contribution in [0.4, 0.5) is 27.6 Å². The second-order valence-corrected chi connectivity index (χ2v) is 13.5. The number of thioether (sulfide) groups is 1. The molecule has 2 N–H and O–H groups in total. The molecule has 0 bridgehead atoms. The molecule has 1 aromatic heterocycles. The van der Waals surface area contributed by atoms with E-state index in [1.807, 2.05) is 79.7 Å². The number of oxazole rings is 1. The summed E-state index contributed by atoms with van der Waals surface area (Å²) >= 11 is 1.36. The maximum Gasteiger partial charge on any atom is 0.261 e. The number of nitrogens with zero attached hydrogens (tertiary/aromatic N) is 1. The highest BCUT2D eigenvalue weighted by Crippen LogP contribution is 2.44. The van der Waals surface area contributed by atoms with Crippen molar-refractivity contribution in [2.45, 2.75) is 37.3 Å². The van der Waals surface area contributed by atoms with E-state index < -0.39 is 59.1 Å². The summed E-state index contributed by atoms with van der Waals surface area (Å²) in [6.07, 6.45) is -2.00. The molecule has 54 heavy (non-hydrogen) atoms. The summed E-state index contributed by atoms with van der Waals surface area (Å²) in [5, 5.41) is 12.2. The van der Waals surface area contributed by atoms with Gasteiger partial charge in [-0.15, -0.1) is 0 Å². The van der Waals surface area contributed by atoms with Crippen molar-refractivity contribution in [2.24, 2.45) is 5.92 Å². The maximum atomic E-state index is 14.4. The third-order valence-electron chi connectivity index (χ3n) is 9.04. The molecule has 0 radical (unpaired) electrons.